The Hall–Kier alpha value is -5.92. The van der Waals surface area contributed by atoms with E-state index < -0.39 is 45.6 Å². The lowest BCUT2D eigenvalue weighted by Crippen LogP contribution is -2.28. The van der Waals surface area contributed by atoms with Crippen LogP contribution >= 0.6 is 0 Å². The molecule has 0 fully saturated rings. The van der Waals surface area contributed by atoms with E-state index in [1.54, 1.807) is 12.1 Å². The summed E-state index contributed by atoms with van der Waals surface area (Å²) in [6.07, 6.45) is -1.58. The lowest BCUT2D eigenvalue weighted by molar-refractivity contribution is -0.544. The molecule has 41 heavy (non-hydrogen) atoms. The maximum absolute atomic E-state index is 13.5. The van der Waals surface area contributed by atoms with Crippen molar-refractivity contribution in [3.63, 3.8) is 0 Å². The highest BCUT2D eigenvalue weighted by Gasteiger charge is 2.28. The fourth-order valence-corrected chi connectivity index (χ4v) is 6.25. The Morgan fingerprint density at radius 1 is 0.732 bits per heavy atom. The molecule has 7 aromatic rings. The Bertz CT molecular complexity index is 2590. The number of aromatic nitrogens is 2. The van der Waals surface area contributed by atoms with Gasteiger partial charge in [0.25, 0.3) is 24.0 Å². The van der Waals surface area contributed by atoms with Crippen LogP contribution in [0.1, 0.15) is 13.1 Å². The summed E-state index contributed by atoms with van der Waals surface area (Å²) in [6.45, 7) is 0.180. The third-order valence-electron chi connectivity index (χ3n) is 7.93. The summed E-state index contributed by atoms with van der Waals surface area (Å²) in [5.74, 6) is -1.22. The molecule has 0 aliphatic carbocycles. The first-order valence-corrected chi connectivity index (χ1v) is 12.2. The summed E-state index contributed by atoms with van der Waals surface area (Å²) in [6, 6.07) is 8.63. The number of benzene rings is 5. The van der Waals surface area contributed by atoms with E-state index in [0.717, 1.165) is 6.92 Å². The SMILES string of the molecule is CC(n1c(O)c2ccc3c4c(=N)cc5c(=O)n(C[N+](=O)[O-])c(O)c6ccc(c7c(=N)cc(c1=O)c2c37)c4c65)[N+](=O)[O-]. The van der Waals surface area contributed by atoms with Crippen molar-refractivity contribution in [3.8, 4) is 11.8 Å². The van der Waals surface area contributed by atoms with Crippen LogP contribution in [-0.4, -0.2) is 29.2 Å². The van der Waals surface area contributed by atoms with E-state index in [9.17, 15) is 40.0 Å². The van der Waals surface area contributed by atoms with Crippen molar-refractivity contribution in [1.82, 2.24) is 9.13 Å². The van der Waals surface area contributed by atoms with Crippen LogP contribution in [-0.2, 0) is 6.67 Å². The molecule has 4 N–H and O–H groups in total. The number of nitrogens with zero attached hydrogens (tertiary/aromatic N) is 4. The van der Waals surface area contributed by atoms with E-state index in [0.29, 0.717) is 41.5 Å². The van der Waals surface area contributed by atoms with Crippen molar-refractivity contribution in [2.75, 3.05) is 0 Å². The van der Waals surface area contributed by atoms with Gasteiger partial charge in [-0.15, -0.1) is 0 Å². The molecule has 0 amide bonds. The van der Waals surface area contributed by atoms with E-state index in [1.165, 1.54) is 24.3 Å². The highest BCUT2D eigenvalue weighted by Crippen LogP contribution is 2.44. The average Bonchev–Trinajstić information content (AvgIpc) is 2.92. The number of hydrogen-bond donors (Lipinski definition) is 4. The second-order valence-corrected chi connectivity index (χ2v) is 9.96. The van der Waals surface area contributed by atoms with Crippen LogP contribution in [0.3, 0.4) is 0 Å². The van der Waals surface area contributed by atoms with Crippen molar-refractivity contribution >= 4 is 64.6 Å². The zero-order valence-electron chi connectivity index (χ0n) is 20.9. The summed E-state index contributed by atoms with van der Waals surface area (Å²) >= 11 is 0. The zero-order valence-corrected chi connectivity index (χ0v) is 20.9. The molecule has 0 spiro atoms. The Balaban J connectivity index is 1.79. The molecular formula is C27H16N6O8. The lowest BCUT2D eigenvalue weighted by atomic mass is 9.85. The van der Waals surface area contributed by atoms with E-state index in [1.807, 2.05) is 0 Å². The standard InChI is InChI=1S/C27H16N6O8/c1-9(33(40)41)32-26(36)13-5-3-11-20-16(28)6-14-18-12(24(34)30(25(14)35)8-31(38)39)4-2-10(22(18)20)21-17(29)7-15(27(32)37)19(13)23(11)21/h2-7,9,28-29,34,36H,8H2,1H3. The van der Waals surface area contributed by atoms with Gasteiger partial charge in [-0.2, -0.15) is 0 Å². The Kier molecular flexibility index (Phi) is 4.47. The Morgan fingerprint density at radius 3 is 1.68 bits per heavy atom. The first kappa shape index (κ1) is 24.1. The van der Waals surface area contributed by atoms with Crippen molar-refractivity contribution in [1.29, 1.82) is 10.8 Å². The fraction of sp³-hybridized carbons (Fsp3) is 0.111. The molecule has 7 rings (SSSR count). The third kappa shape index (κ3) is 2.79. The minimum absolute atomic E-state index is 0.0172. The van der Waals surface area contributed by atoms with Crippen molar-refractivity contribution in [3.05, 3.63) is 88.0 Å². The zero-order chi connectivity index (χ0) is 29.2. The molecule has 202 valence electrons. The summed E-state index contributed by atoms with van der Waals surface area (Å²) in [5, 5.41) is 65.3. The molecule has 2 aromatic heterocycles. The number of rotatable bonds is 4. The van der Waals surface area contributed by atoms with Gasteiger partial charge in [-0.1, -0.05) is 12.1 Å². The van der Waals surface area contributed by atoms with Crippen LogP contribution < -0.4 is 21.8 Å². The van der Waals surface area contributed by atoms with E-state index in [-0.39, 0.29) is 43.0 Å². The predicted octanol–water partition coefficient (Wildman–Crippen LogP) is 2.64. The third-order valence-corrected chi connectivity index (χ3v) is 7.93. The number of hydrogen-bond acceptors (Lipinski definition) is 10. The molecule has 0 saturated heterocycles. The molecule has 0 bridgehead atoms. The number of fused-ring (bicyclic) bond motifs is 2. The maximum Gasteiger partial charge on any atom is 0.293 e. The monoisotopic (exact) mass is 552 g/mol. The largest absolute Gasteiger partial charge is 0.494 e. The van der Waals surface area contributed by atoms with Crippen LogP contribution in [0.5, 0.6) is 11.8 Å². The predicted molar refractivity (Wildman–Crippen MR) is 147 cm³/mol. The van der Waals surface area contributed by atoms with Gasteiger partial charge >= 0.3 is 0 Å². The molecule has 2 heterocycles. The van der Waals surface area contributed by atoms with Gasteiger partial charge in [-0.3, -0.25) is 29.8 Å². The van der Waals surface area contributed by atoms with E-state index in [2.05, 4.69) is 0 Å². The molecule has 14 heteroatoms. The quantitative estimate of drug-likeness (QED) is 0.110. The molecule has 14 nitrogen and oxygen atoms in total. The summed E-state index contributed by atoms with van der Waals surface area (Å²) < 4.78 is 1.29. The summed E-state index contributed by atoms with van der Waals surface area (Å²) in [4.78, 5) is 48.0. The van der Waals surface area contributed by atoms with Crippen LogP contribution in [0.15, 0.2) is 46.0 Å². The van der Waals surface area contributed by atoms with Crippen LogP contribution in [0.25, 0.3) is 64.6 Å². The smallest absolute Gasteiger partial charge is 0.293 e. The van der Waals surface area contributed by atoms with Crippen molar-refractivity contribution < 1.29 is 20.1 Å². The first-order chi connectivity index (χ1) is 19.4. The van der Waals surface area contributed by atoms with Gasteiger partial charge in [0, 0.05) is 59.9 Å². The highest BCUT2D eigenvalue weighted by atomic mass is 16.6. The molecule has 1 unspecified atom stereocenters. The van der Waals surface area contributed by atoms with Crippen molar-refractivity contribution in [2.45, 2.75) is 19.8 Å². The average molecular weight is 552 g/mol. The van der Waals surface area contributed by atoms with E-state index >= 15 is 0 Å². The lowest BCUT2D eigenvalue weighted by Gasteiger charge is -2.20. The van der Waals surface area contributed by atoms with Gasteiger partial charge in [0.05, 0.1) is 21.5 Å². The molecule has 0 aliphatic heterocycles. The highest BCUT2D eigenvalue weighted by molar-refractivity contribution is 6.39. The fourth-order valence-electron chi connectivity index (χ4n) is 6.25. The van der Waals surface area contributed by atoms with Crippen LogP contribution in [0, 0.1) is 31.0 Å². The van der Waals surface area contributed by atoms with Gasteiger partial charge in [0.1, 0.15) is 0 Å². The van der Waals surface area contributed by atoms with Gasteiger partial charge in [-0.05, 0) is 35.0 Å². The van der Waals surface area contributed by atoms with Gasteiger partial charge in [-0.25, -0.2) is 9.13 Å². The van der Waals surface area contributed by atoms with E-state index in [4.69, 9.17) is 10.8 Å². The maximum atomic E-state index is 13.5. The first-order valence-electron chi connectivity index (χ1n) is 12.2. The van der Waals surface area contributed by atoms with Gasteiger partial charge in [0.15, 0.2) is 0 Å². The Labute approximate surface area is 224 Å². The number of nitrogens with one attached hydrogen (secondary N) is 2. The molecule has 0 saturated carbocycles. The van der Waals surface area contributed by atoms with Gasteiger partial charge in [0.2, 0.25) is 11.8 Å². The number of aromatic hydroxyl groups is 2. The molecule has 0 radical (unpaired) electrons. The summed E-state index contributed by atoms with van der Waals surface area (Å²) in [5.41, 5.74) is -1.70. The minimum Gasteiger partial charge on any atom is -0.494 e. The molecular weight excluding hydrogens is 536 g/mol. The molecule has 1 atom stereocenters. The van der Waals surface area contributed by atoms with Crippen molar-refractivity contribution in [2.24, 2.45) is 0 Å². The minimum atomic E-state index is -1.58. The van der Waals surface area contributed by atoms with Crippen LogP contribution in [0.4, 0.5) is 0 Å². The molecule has 5 aromatic carbocycles. The summed E-state index contributed by atoms with van der Waals surface area (Å²) in [7, 11) is 0. The van der Waals surface area contributed by atoms with Crippen LogP contribution in [0.2, 0.25) is 0 Å². The Morgan fingerprint density at radius 2 is 1.20 bits per heavy atom. The number of pyridine rings is 2. The number of nitro groups is 2. The topological polar surface area (TPSA) is 218 Å². The second-order valence-electron chi connectivity index (χ2n) is 9.96. The molecule has 0 aliphatic rings. The van der Waals surface area contributed by atoms with Gasteiger partial charge < -0.3 is 21.0 Å². The normalized spacial score (nSPS) is 13.0. The second kappa shape index (κ2) is 7.59.